The number of nitrogens with one attached hydrogen (secondary N) is 1. The van der Waals surface area contributed by atoms with Crippen LogP contribution in [0.1, 0.15) is 28.4 Å². The Labute approximate surface area is 101 Å². The van der Waals surface area contributed by atoms with Crippen LogP contribution >= 0.6 is 0 Å². The largest absolute Gasteiger partial charge is 0.271 e. The van der Waals surface area contributed by atoms with E-state index >= 15 is 0 Å². The number of nitrogens with zero attached hydrogens (tertiary/aromatic N) is 2. The van der Waals surface area contributed by atoms with Crippen molar-refractivity contribution >= 4 is 0 Å². The molecule has 1 atom stereocenters. The summed E-state index contributed by atoms with van der Waals surface area (Å²) < 4.78 is 0. The third kappa shape index (κ3) is 2.33. The number of rotatable bonds is 3. The van der Waals surface area contributed by atoms with Crippen molar-refractivity contribution in [1.29, 1.82) is 0 Å². The van der Waals surface area contributed by atoms with Gasteiger partial charge in [0.25, 0.3) is 0 Å². The monoisotopic (exact) mass is 228 g/mol. The Morgan fingerprint density at radius 2 is 2.06 bits per heavy atom. The quantitative estimate of drug-likeness (QED) is 0.619. The van der Waals surface area contributed by atoms with Gasteiger partial charge in [-0.25, -0.2) is 5.43 Å². The van der Waals surface area contributed by atoms with Gasteiger partial charge in [0.1, 0.15) is 0 Å². The number of nitrogens with two attached hydrogens (primary N) is 1. The van der Waals surface area contributed by atoms with Gasteiger partial charge in [0.05, 0.1) is 17.9 Å². The Morgan fingerprint density at radius 1 is 1.24 bits per heavy atom. The minimum atomic E-state index is -0.122. The van der Waals surface area contributed by atoms with Gasteiger partial charge >= 0.3 is 0 Å². The van der Waals surface area contributed by atoms with Crippen molar-refractivity contribution in [2.24, 2.45) is 5.84 Å². The fourth-order valence-electron chi connectivity index (χ4n) is 1.88. The second-order valence-corrected chi connectivity index (χ2v) is 4.02. The average Bonchev–Trinajstić information content (AvgIpc) is 2.37. The second kappa shape index (κ2) is 5.03. The van der Waals surface area contributed by atoms with Crippen molar-refractivity contribution < 1.29 is 0 Å². The zero-order valence-electron chi connectivity index (χ0n) is 10.0. The first kappa shape index (κ1) is 11.7. The third-order valence-electron chi connectivity index (χ3n) is 3.00. The molecule has 4 nitrogen and oxygen atoms in total. The summed E-state index contributed by atoms with van der Waals surface area (Å²) >= 11 is 0. The molecule has 1 aromatic carbocycles. The molecule has 0 aliphatic carbocycles. The van der Waals surface area contributed by atoms with Crippen LogP contribution in [0, 0.1) is 13.8 Å². The Bertz CT molecular complexity index is 496. The van der Waals surface area contributed by atoms with Gasteiger partial charge in [0.15, 0.2) is 0 Å². The highest BCUT2D eigenvalue weighted by Gasteiger charge is 2.16. The maximum Gasteiger partial charge on any atom is 0.0899 e. The molecule has 1 heterocycles. The van der Waals surface area contributed by atoms with Crippen molar-refractivity contribution in [2.75, 3.05) is 0 Å². The van der Waals surface area contributed by atoms with Crippen LogP contribution in [0.2, 0.25) is 0 Å². The molecular weight excluding hydrogens is 212 g/mol. The van der Waals surface area contributed by atoms with Gasteiger partial charge in [-0.2, -0.15) is 0 Å². The first-order valence-electron chi connectivity index (χ1n) is 5.52. The first-order valence-corrected chi connectivity index (χ1v) is 5.52. The third-order valence-corrected chi connectivity index (χ3v) is 3.00. The van der Waals surface area contributed by atoms with E-state index < -0.39 is 0 Å². The maximum absolute atomic E-state index is 5.64. The molecule has 0 amide bonds. The van der Waals surface area contributed by atoms with Gasteiger partial charge < -0.3 is 0 Å². The van der Waals surface area contributed by atoms with Gasteiger partial charge in [0.2, 0.25) is 0 Å². The summed E-state index contributed by atoms with van der Waals surface area (Å²) in [5, 5.41) is 0. The molecule has 88 valence electrons. The molecule has 0 fully saturated rings. The molecule has 0 radical (unpaired) electrons. The van der Waals surface area contributed by atoms with Gasteiger partial charge in [-0.1, -0.05) is 18.2 Å². The lowest BCUT2D eigenvalue weighted by Gasteiger charge is -2.18. The molecule has 0 spiro atoms. The molecule has 2 aromatic rings. The van der Waals surface area contributed by atoms with Crippen molar-refractivity contribution in [3.8, 4) is 0 Å². The molecule has 1 unspecified atom stereocenters. The topological polar surface area (TPSA) is 63.8 Å². The molecule has 4 heteroatoms. The Hall–Kier alpha value is -1.78. The van der Waals surface area contributed by atoms with Crippen LogP contribution in [0.25, 0.3) is 0 Å². The van der Waals surface area contributed by atoms with Crippen LogP contribution in [0.15, 0.2) is 36.8 Å². The predicted octanol–water partition coefficient (Wildman–Crippen LogP) is 1.65. The minimum Gasteiger partial charge on any atom is -0.271 e. The normalized spacial score (nSPS) is 12.4. The molecule has 1 aromatic heterocycles. The van der Waals surface area contributed by atoms with Crippen molar-refractivity contribution in [3.05, 3.63) is 59.2 Å². The van der Waals surface area contributed by atoms with E-state index in [4.69, 9.17) is 5.84 Å². The van der Waals surface area contributed by atoms with E-state index in [1.807, 2.05) is 6.07 Å². The van der Waals surface area contributed by atoms with Gasteiger partial charge in [-0.05, 0) is 30.5 Å². The molecule has 2 rings (SSSR count). The number of hydrazine groups is 1. The van der Waals surface area contributed by atoms with Crippen LogP contribution < -0.4 is 11.3 Å². The maximum atomic E-state index is 5.64. The van der Waals surface area contributed by atoms with Crippen molar-refractivity contribution in [1.82, 2.24) is 15.4 Å². The molecule has 17 heavy (non-hydrogen) atoms. The first-order chi connectivity index (χ1) is 8.24. The highest BCUT2D eigenvalue weighted by molar-refractivity contribution is 5.38. The smallest absolute Gasteiger partial charge is 0.0899 e. The summed E-state index contributed by atoms with van der Waals surface area (Å²) in [4.78, 5) is 8.37. The minimum absolute atomic E-state index is 0.122. The van der Waals surface area contributed by atoms with Crippen LogP contribution in [-0.4, -0.2) is 9.97 Å². The number of hydrogen-bond donors (Lipinski definition) is 2. The summed E-state index contributed by atoms with van der Waals surface area (Å²) in [5.74, 6) is 5.64. The summed E-state index contributed by atoms with van der Waals surface area (Å²) in [7, 11) is 0. The summed E-state index contributed by atoms with van der Waals surface area (Å²) in [6.45, 7) is 4.18. The molecular formula is C13H16N4. The average molecular weight is 228 g/mol. The van der Waals surface area contributed by atoms with E-state index in [1.54, 1.807) is 18.6 Å². The van der Waals surface area contributed by atoms with Crippen LogP contribution in [0.3, 0.4) is 0 Å². The van der Waals surface area contributed by atoms with Crippen LogP contribution in [0.5, 0.6) is 0 Å². The standard InChI is InChI=1S/C13H16N4/c1-9-4-3-5-11(10(9)2)13(17-14)12-8-15-6-7-16-12/h3-8,13,17H,14H2,1-2H3. The number of aryl methyl sites for hydroxylation is 1. The lowest BCUT2D eigenvalue weighted by Crippen LogP contribution is -2.30. The SMILES string of the molecule is Cc1cccc(C(NN)c2cnccn2)c1C. The number of aromatic nitrogens is 2. The predicted molar refractivity (Wildman–Crippen MR) is 67.1 cm³/mol. The number of benzene rings is 1. The van der Waals surface area contributed by atoms with Crippen LogP contribution in [-0.2, 0) is 0 Å². The zero-order valence-corrected chi connectivity index (χ0v) is 10.0. The summed E-state index contributed by atoms with van der Waals surface area (Å²) in [6, 6.07) is 6.05. The van der Waals surface area contributed by atoms with E-state index in [1.165, 1.54) is 11.1 Å². The Balaban J connectivity index is 2.46. The zero-order chi connectivity index (χ0) is 12.3. The lowest BCUT2D eigenvalue weighted by atomic mass is 9.96. The molecule has 0 saturated carbocycles. The molecule has 0 aliphatic rings. The van der Waals surface area contributed by atoms with E-state index in [0.29, 0.717) is 0 Å². The van der Waals surface area contributed by atoms with Crippen molar-refractivity contribution in [2.45, 2.75) is 19.9 Å². The Kier molecular flexibility index (Phi) is 3.46. The summed E-state index contributed by atoms with van der Waals surface area (Å²) in [5.41, 5.74) is 7.22. The van der Waals surface area contributed by atoms with E-state index in [9.17, 15) is 0 Å². The Morgan fingerprint density at radius 3 is 2.71 bits per heavy atom. The number of hydrogen-bond acceptors (Lipinski definition) is 4. The molecule has 0 aliphatic heterocycles. The lowest BCUT2D eigenvalue weighted by molar-refractivity contribution is 0.614. The summed E-state index contributed by atoms with van der Waals surface area (Å²) in [6.07, 6.45) is 5.05. The van der Waals surface area contributed by atoms with Gasteiger partial charge in [-0.3, -0.25) is 15.8 Å². The fourth-order valence-corrected chi connectivity index (χ4v) is 1.88. The van der Waals surface area contributed by atoms with Crippen molar-refractivity contribution in [3.63, 3.8) is 0 Å². The van der Waals surface area contributed by atoms with E-state index in [0.717, 1.165) is 11.3 Å². The molecule has 0 saturated heterocycles. The highest BCUT2D eigenvalue weighted by Crippen LogP contribution is 2.24. The fraction of sp³-hybridized carbons (Fsp3) is 0.231. The van der Waals surface area contributed by atoms with Crippen LogP contribution in [0.4, 0.5) is 0 Å². The van der Waals surface area contributed by atoms with Gasteiger partial charge in [0, 0.05) is 12.4 Å². The van der Waals surface area contributed by atoms with E-state index in [-0.39, 0.29) is 6.04 Å². The van der Waals surface area contributed by atoms with Gasteiger partial charge in [-0.15, -0.1) is 0 Å². The van der Waals surface area contributed by atoms with E-state index in [2.05, 4.69) is 41.4 Å². The second-order valence-electron chi connectivity index (χ2n) is 4.02. The highest BCUT2D eigenvalue weighted by atomic mass is 15.2. The molecule has 0 bridgehead atoms. The molecule has 3 N–H and O–H groups in total.